The summed E-state index contributed by atoms with van der Waals surface area (Å²) in [4.78, 5) is 0.216. The molecular weight excluding hydrogens is 274 g/mol. The van der Waals surface area contributed by atoms with Crippen molar-refractivity contribution in [3.8, 4) is 11.8 Å². The van der Waals surface area contributed by atoms with Crippen LogP contribution in [0.2, 0.25) is 0 Å². The van der Waals surface area contributed by atoms with Gasteiger partial charge < -0.3 is 5.11 Å². The Labute approximate surface area is 121 Å². The summed E-state index contributed by atoms with van der Waals surface area (Å²) in [5.41, 5.74) is 0.469. The first-order chi connectivity index (χ1) is 9.39. The molecule has 20 heavy (non-hydrogen) atoms. The van der Waals surface area contributed by atoms with Crippen molar-refractivity contribution in [1.29, 1.82) is 0 Å². The first-order valence-corrected chi connectivity index (χ1v) is 7.98. The monoisotopic (exact) mass is 295 g/mol. The van der Waals surface area contributed by atoms with E-state index >= 15 is 0 Å². The summed E-state index contributed by atoms with van der Waals surface area (Å²) >= 11 is 0. The molecule has 0 saturated carbocycles. The number of hydrogen-bond donors (Lipinski definition) is 1. The van der Waals surface area contributed by atoms with E-state index in [1.165, 1.54) is 4.31 Å². The number of sulfonamides is 1. The lowest BCUT2D eigenvalue weighted by Crippen LogP contribution is -2.30. The van der Waals surface area contributed by atoms with Crippen molar-refractivity contribution in [1.82, 2.24) is 4.31 Å². The van der Waals surface area contributed by atoms with Crippen LogP contribution in [0, 0.1) is 17.8 Å². The van der Waals surface area contributed by atoms with Crippen LogP contribution in [-0.4, -0.2) is 38.0 Å². The van der Waals surface area contributed by atoms with E-state index in [0.717, 1.165) is 0 Å². The molecule has 0 radical (unpaired) electrons. The third kappa shape index (κ3) is 4.34. The Kier molecular flexibility index (Phi) is 6.21. The minimum absolute atomic E-state index is 0.0326. The highest BCUT2D eigenvalue weighted by Gasteiger charge is 2.23. The lowest BCUT2D eigenvalue weighted by molar-refractivity contribution is 0.305. The normalized spacial score (nSPS) is 11.5. The fourth-order valence-corrected chi connectivity index (χ4v) is 3.27. The molecule has 0 heterocycles. The molecule has 0 unspecified atom stereocenters. The van der Waals surface area contributed by atoms with Crippen LogP contribution in [0.25, 0.3) is 0 Å². The molecule has 0 aliphatic rings. The standard InChI is InChI=1S/C15H21NO3S/c1-13(2)12-16(3)20(18,19)15-10-5-4-8-14(15)9-6-7-11-17/h4-5,8,10,13,17H,7,11-12H2,1-3H3. The van der Waals surface area contributed by atoms with E-state index in [9.17, 15) is 8.42 Å². The van der Waals surface area contributed by atoms with E-state index in [0.29, 0.717) is 18.5 Å². The third-order valence-corrected chi connectivity index (χ3v) is 4.54. The fraction of sp³-hybridized carbons (Fsp3) is 0.467. The Bertz CT molecular complexity index is 597. The van der Waals surface area contributed by atoms with E-state index in [2.05, 4.69) is 11.8 Å². The van der Waals surface area contributed by atoms with Gasteiger partial charge in [-0.3, -0.25) is 0 Å². The lowest BCUT2D eigenvalue weighted by atomic mass is 10.2. The van der Waals surface area contributed by atoms with Gasteiger partial charge in [-0.25, -0.2) is 12.7 Å². The summed E-state index contributed by atoms with van der Waals surface area (Å²) in [6.07, 6.45) is 0.330. The largest absolute Gasteiger partial charge is 0.395 e. The van der Waals surface area contributed by atoms with Gasteiger partial charge in [-0.1, -0.05) is 37.8 Å². The van der Waals surface area contributed by atoms with Crippen LogP contribution in [0.5, 0.6) is 0 Å². The second kappa shape index (κ2) is 7.44. The molecule has 0 amide bonds. The summed E-state index contributed by atoms with van der Waals surface area (Å²) in [7, 11) is -1.96. The van der Waals surface area contributed by atoms with Gasteiger partial charge in [-0.2, -0.15) is 0 Å². The fourth-order valence-electron chi connectivity index (χ4n) is 1.79. The van der Waals surface area contributed by atoms with Crippen LogP contribution in [0.4, 0.5) is 0 Å². The van der Waals surface area contributed by atoms with Gasteiger partial charge in [0.1, 0.15) is 0 Å². The van der Waals surface area contributed by atoms with Gasteiger partial charge in [0.15, 0.2) is 0 Å². The molecule has 0 bridgehead atoms. The highest BCUT2D eigenvalue weighted by molar-refractivity contribution is 7.89. The molecule has 0 aliphatic heterocycles. The molecule has 110 valence electrons. The van der Waals surface area contributed by atoms with Gasteiger partial charge >= 0.3 is 0 Å². The van der Waals surface area contributed by atoms with Crippen LogP contribution < -0.4 is 0 Å². The molecule has 1 aromatic carbocycles. The minimum Gasteiger partial charge on any atom is -0.395 e. The maximum atomic E-state index is 12.5. The molecule has 0 fully saturated rings. The van der Waals surface area contributed by atoms with Gasteiger partial charge in [0.05, 0.1) is 11.5 Å². The Hall–Kier alpha value is -1.35. The number of hydrogen-bond acceptors (Lipinski definition) is 3. The molecule has 0 atom stereocenters. The van der Waals surface area contributed by atoms with E-state index in [4.69, 9.17) is 5.11 Å². The van der Waals surface area contributed by atoms with Gasteiger partial charge in [-0.05, 0) is 18.1 Å². The van der Waals surface area contributed by atoms with Gasteiger partial charge in [0.25, 0.3) is 0 Å². The Morgan fingerprint density at radius 1 is 1.30 bits per heavy atom. The van der Waals surface area contributed by atoms with Crippen LogP contribution in [0.3, 0.4) is 0 Å². The zero-order valence-electron chi connectivity index (χ0n) is 12.1. The molecule has 4 nitrogen and oxygen atoms in total. The molecule has 1 rings (SSSR count). The number of nitrogens with zero attached hydrogens (tertiary/aromatic N) is 1. The van der Waals surface area contributed by atoms with Crippen molar-refractivity contribution >= 4 is 10.0 Å². The smallest absolute Gasteiger partial charge is 0.244 e. The predicted molar refractivity (Wildman–Crippen MR) is 79.7 cm³/mol. The van der Waals surface area contributed by atoms with Gasteiger partial charge in [0, 0.05) is 25.6 Å². The summed E-state index contributed by atoms with van der Waals surface area (Å²) in [6.45, 7) is 4.37. The first-order valence-electron chi connectivity index (χ1n) is 6.54. The summed E-state index contributed by atoms with van der Waals surface area (Å²) < 4.78 is 26.4. The van der Waals surface area contributed by atoms with Crippen LogP contribution >= 0.6 is 0 Å². The maximum absolute atomic E-state index is 12.5. The van der Waals surface area contributed by atoms with E-state index in [-0.39, 0.29) is 17.4 Å². The van der Waals surface area contributed by atoms with Crippen LogP contribution in [-0.2, 0) is 10.0 Å². The molecule has 1 aromatic rings. The SMILES string of the molecule is CC(C)CN(C)S(=O)(=O)c1ccccc1C#CCCO. The molecule has 1 N–H and O–H groups in total. The zero-order chi connectivity index (χ0) is 15.2. The lowest BCUT2D eigenvalue weighted by Gasteiger charge is -2.19. The van der Waals surface area contributed by atoms with Crippen LogP contribution in [0.15, 0.2) is 29.2 Å². The topological polar surface area (TPSA) is 57.6 Å². The first kappa shape index (κ1) is 16.7. The third-order valence-electron chi connectivity index (χ3n) is 2.66. The van der Waals surface area contributed by atoms with Crippen LogP contribution in [0.1, 0.15) is 25.8 Å². The Balaban J connectivity index is 3.16. The van der Waals surface area contributed by atoms with Crippen molar-refractivity contribution in [2.24, 2.45) is 5.92 Å². The van der Waals surface area contributed by atoms with Crippen molar-refractivity contribution in [3.63, 3.8) is 0 Å². The zero-order valence-corrected chi connectivity index (χ0v) is 12.9. The van der Waals surface area contributed by atoms with E-state index in [1.807, 2.05) is 13.8 Å². The molecule has 0 spiro atoms. The molecular formula is C15H21NO3S. The summed E-state index contributed by atoms with van der Waals surface area (Å²) in [6, 6.07) is 6.69. The van der Waals surface area contributed by atoms with Crippen molar-refractivity contribution in [3.05, 3.63) is 29.8 Å². The summed E-state index contributed by atoms with van der Waals surface area (Å²) in [5, 5.41) is 8.73. The molecule has 0 aromatic heterocycles. The number of aliphatic hydroxyl groups excluding tert-OH is 1. The molecule has 0 saturated heterocycles. The van der Waals surface area contributed by atoms with E-state index in [1.54, 1.807) is 31.3 Å². The molecule has 0 aliphatic carbocycles. The quantitative estimate of drug-likeness (QED) is 0.841. The summed E-state index contributed by atoms with van der Waals surface area (Å²) in [5.74, 6) is 5.83. The van der Waals surface area contributed by atoms with Crippen molar-refractivity contribution < 1.29 is 13.5 Å². The van der Waals surface area contributed by atoms with Crippen molar-refractivity contribution in [2.75, 3.05) is 20.2 Å². The average molecular weight is 295 g/mol. The number of rotatable bonds is 5. The highest BCUT2D eigenvalue weighted by atomic mass is 32.2. The Morgan fingerprint density at radius 2 is 1.95 bits per heavy atom. The minimum atomic E-state index is -3.53. The maximum Gasteiger partial charge on any atom is 0.244 e. The van der Waals surface area contributed by atoms with Gasteiger partial charge in [0.2, 0.25) is 10.0 Å². The highest BCUT2D eigenvalue weighted by Crippen LogP contribution is 2.19. The average Bonchev–Trinajstić information content (AvgIpc) is 2.38. The van der Waals surface area contributed by atoms with Gasteiger partial charge in [-0.15, -0.1) is 0 Å². The number of benzene rings is 1. The Morgan fingerprint density at radius 3 is 2.55 bits per heavy atom. The van der Waals surface area contributed by atoms with E-state index < -0.39 is 10.0 Å². The predicted octanol–water partition coefficient (Wildman–Crippen LogP) is 1.70. The second-order valence-electron chi connectivity index (χ2n) is 4.95. The second-order valence-corrected chi connectivity index (χ2v) is 6.96. The van der Waals surface area contributed by atoms with Crippen molar-refractivity contribution in [2.45, 2.75) is 25.2 Å². The molecule has 5 heteroatoms. The number of aliphatic hydroxyl groups is 1.